The molecule has 1 heteroatoms. The Morgan fingerprint density at radius 1 is 1.18 bits per heavy atom. The molecule has 0 aromatic carbocycles. The Labute approximate surface area is 71.1 Å². The van der Waals surface area contributed by atoms with E-state index in [1.165, 1.54) is 19.3 Å². The van der Waals surface area contributed by atoms with E-state index in [-0.39, 0.29) is 0 Å². The van der Waals surface area contributed by atoms with E-state index < -0.39 is 0 Å². The molecule has 0 amide bonds. The van der Waals surface area contributed by atoms with Crippen LogP contribution in [0.1, 0.15) is 47.0 Å². The summed E-state index contributed by atoms with van der Waals surface area (Å²) in [5.74, 6) is 0.866. The average molecular weight is 158 g/mol. The maximum Gasteiger partial charge on any atom is 0.0518 e. The summed E-state index contributed by atoms with van der Waals surface area (Å²) in [6, 6.07) is 0. The topological polar surface area (TPSA) is 9.23 Å². The molecular formula is C10H22O. The van der Waals surface area contributed by atoms with Crippen LogP contribution in [0, 0.1) is 5.92 Å². The molecule has 11 heavy (non-hydrogen) atoms. The fourth-order valence-electron chi connectivity index (χ4n) is 0.955. The van der Waals surface area contributed by atoms with Crippen molar-refractivity contribution in [3.63, 3.8) is 0 Å². The zero-order chi connectivity index (χ0) is 8.69. The quantitative estimate of drug-likeness (QED) is 0.539. The summed E-state index contributed by atoms with van der Waals surface area (Å²) in [5.41, 5.74) is 0. The first kappa shape index (κ1) is 11.0. The van der Waals surface area contributed by atoms with Crippen LogP contribution in [-0.2, 0) is 4.74 Å². The van der Waals surface area contributed by atoms with Crippen molar-refractivity contribution in [2.75, 3.05) is 6.61 Å². The van der Waals surface area contributed by atoms with Crippen LogP contribution in [0.15, 0.2) is 0 Å². The van der Waals surface area contributed by atoms with Gasteiger partial charge in [0.1, 0.15) is 0 Å². The molecule has 0 aromatic heterocycles. The van der Waals surface area contributed by atoms with Crippen molar-refractivity contribution in [2.24, 2.45) is 5.92 Å². The Hall–Kier alpha value is -0.0400. The van der Waals surface area contributed by atoms with Crippen LogP contribution in [0.4, 0.5) is 0 Å². The first-order chi connectivity index (χ1) is 5.16. The second-order valence-corrected chi connectivity index (χ2v) is 3.58. The van der Waals surface area contributed by atoms with Gasteiger partial charge < -0.3 is 4.74 Å². The Balaban J connectivity index is 3.01. The van der Waals surface area contributed by atoms with Gasteiger partial charge in [0, 0.05) is 6.61 Å². The molecule has 1 unspecified atom stereocenters. The minimum Gasteiger partial charge on any atom is -0.379 e. The summed E-state index contributed by atoms with van der Waals surface area (Å²) in [7, 11) is 0. The van der Waals surface area contributed by atoms with E-state index in [0.717, 1.165) is 12.5 Å². The van der Waals surface area contributed by atoms with E-state index >= 15 is 0 Å². The van der Waals surface area contributed by atoms with Crippen LogP contribution in [0.3, 0.4) is 0 Å². The summed E-state index contributed by atoms with van der Waals surface area (Å²) in [6.45, 7) is 9.65. The monoisotopic (exact) mass is 158 g/mol. The molecule has 0 spiro atoms. The Kier molecular flexibility index (Phi) is 6.63. The van der Waals surface area contributed by atoms with Crippen LogP contribution < -0.4 is 0 Å². The number of ether oxygens (including phenoxy) is 1. The lowest BCUT2D eigenvalue weighted by Crippen LogP contribution is -2.05. The van der Waals surface area contributed by atoms with Gasteiger partial charge in [-0.25, -0.2) is 0 Å². The zero-order valence-electron chi connectivity index (χ0n) is 8.39. The third-order valence-corrected chi connectivity index (χ3v) is 1.99. The van der Waals surface area contributed by atoms with E-state index in [0.29, 0.717) is 6.10 Å². The molecule has 0 N–H and O–H groups in total. The Morgan fingerprint density at radius 2 is 1.82 bits per heavy atom. The summed E-state index contributed by atoms with van der Waals surface area (Å²) in [6.07, 6.45) is 4.21. The lowest BCUT2D eigenvalue weighted by atomic mass is 10.0. The van der Waals surface area contributed by atoms with Crippen molar-refractivity contribution in [1.29, 1.82) is 0 Å². The number of hydrogen-bond acceptors (Lipinski definition) is 1. The van der Waals surface area contributed by atoms with Crippen molar-refractivity contribution >= 4 is 0 Å². The maximum atomic E-state index is 5.44. The van der Waals surface area contributed by atoms with Crippen LogP contribution in [0.5, 0.6) is 0 Å². The fraction of sp³-hybridized carbons (Fsp3) is 1.00. The van der Waals surface area contributed by atoms with Gasteiger partial charge in [-0.15, -0.1) is 0 Å². The minimum atomic E-state index is 0.395. The molecule has 1 nitrogen and oxygen atoms in total. The van der Waals surface area contributed by atoms with E-state index in [9.17, 15) is 0 Å². The Morgan fingerprint density at radius 3 is 2.27 bits per heavy atom. The molecule has 1 atom stereocenters. The van der Waals surface area contributed by atoms with Gasteiger partial charge in [-0.3, -0.25) is 0 Å². The van der Waals surface area contributed by atoms with Crippen LogP contribution >= 0.6 is 0 Å². The Bertz CT molecular complexity index is 78.9. The standard InChI is InChI=1S/C10H22O/c1-5-10(4)7-6-8-11-9(2)3/h9-10H,5-8H2,1-4H3. The highest BCUT2D eigenvalue weighted by Gasteiger charge is 1.98. The molecule has 0 bridgehead atoms. The summed E-state index contributed by atoms with van der Waals surface area (Å²) in [4.78, 5) is 0. The van der Waals surface area contributed by atoms with Gasteiger partial charge in [0.15, 0.2) is 0 Å². The van der Waals surface area contributed by atoms with Gasteiger partial charge in [-0.05, 0) is 32.6 Å². The van der Waals surface area contributed by atoms with Gasteiger partial charge >= 0.3 is 0 Å². The number of hydrogen-bond donors (Lipinski definition) is 0. The first-order valence-electron chi connectivity index (χ1n) is 4.78. The van der Waals surface area contributed by atoms with Crippen molar-refractivity contribution in [3.05, 3.63) is 0 Å². The molecule has 0 saturated carbocycles. The smallest absolute Gasteiger partial charge is 0.0518 e. The molecule has 0 rings (SSSR count). The highest BCUT2D eigenvalue weighted by atomic mass is 16.5. The third kappa shape index (κ3) is 7.86. The molecule has 68 valence electrons. The molecular weight excluding hydrogens is 136 g/mol. The van der Waals surface area contributed by atoms with E-state index in [2.05, 4.69) is 27.7 Å². The van der Waals surface area contributed by atoms with Gasteiger partial charge in [-0.1, -0.05) is 20.3 Å². The van der Waals surface area contributed by atoms with Gasteiger partial charge in [0.25, 0.3) is 0 Å². The normalized spacial score (nSPS) is 13.9. The molecule has 0 aliphatic rings. The fourth-order valence-corrected chi connectivity index (χ4v) is 0.955. The molecule has 0 radical (unpaired) electrons. The predicted octanol–water partition coefficient (Wildman–Crippen LogP) is 3.24. The summed E-state index contributed by atoms with van der Waals surface area (Å²) >= 11 is 0. The molecule has 0 aromatic rings. The highest BCUT2D eigenvalue weighted by Crippen LogP contribution is 2.09. The van der Waals surface area contributed by atoms with Crippen molar-refractivity contribution in [2.45, 2.75) is 53.1 Å². The molecule has 0 heterocycles. The lowest BCUT2D eigenvalue weighted by molar-refractivity contribution is 0.0739. The molecule has 0 aliphatic heterocycles. The molecule has 0 saturated heterocycles. The van der Waals surface area contributed by atoms with Crippen molar-refractivity contribution in [1.82, 2.24) is 0 Å². The summed E-state index contributed by atoms with van der Waals surface area (Å²) < 4.78 is 5.44. The second-order valence-electron chi connectivity index (χ2n) is 3.58. The van der Waals surface area contributed by atoms with E-state index in [1.54, 1.807) is 0 Å². The summed E-state index contributed by atoms with van der Waals surface area (Å²) in [5, 5.41) is 0. The van der Waals surface area contributed by atoms with Gasteiger partial charge in [-0.2, -0.15) is 0 Å². The SMILES string of the molecule is CCC(C)CCCOC(C)C. The third-order valence-electron chi connectivity index (χ3n) is 1.99. The lowest BCUT2D eigenvalue weighted by Gasteiger charge is -2.09. The van der Waals surface area contributed by atoms with Crippen LogP contribution in [0.2, 0.25) is 0 Å². The average Bonchev–Trinajstić information content (AvgIpc) is 1.97. The van der Waals surface area contributed by atoms with E-state index in [1.807, 2.05) is 0 Å². The van der Waals surface area contributed by atoms with Crippen LogP contribution in [0.25, 0.3) is 0 Å². The van der Waals surface area contributed by atoms with E-state index in [4.69, 9.17) is 4.74 Å². The maximum absolute atomic E-state index is 5.44. The van der Waals surface area contributed by atoms with Crippen LogP contribution in [-0.4, -0.2) is 12.7 Å². The van der Waals surface area contributed by atoms with Gasteiger partial charge in [0.05, 0.1) is 6.10 Å². The van der Waals surface area contributed by atoms with Gasteiger partial charge in [0.2, 0.25) is 0 Å². The molecule has 0 fully saturated rings. The minimum absolute atomic E-state index is 0.395. The first-order valence-corrected chi connectivity index (χ1v) is 4.78. The highest BCUT2D eigenvalue weighted by molar-refractivity contribution is 4.49. The largest absolute Gasteiger partial charge is 0.379 e. The van der Waals surface area contributed by atoms with Crippen molar-refractivity contribution < 1.29 is 4.74 Å². The molecule has 0 aliphatic carbocycles. The second kappa shape index (κ2) is 6.66. The number of rotatable bonds is 6. The zero-order valence-corrected chi connectivity index (χ0v) is 8.39. The predicted molar refractivity (Wildman–Crippen MR) is 49.8 cm³/mol. The van der Waals surface area contributed by atoms with Crippen molar-refractivity contribution in [3.8, 4) is 0 Å².